The van der Waals surface area contributed by atoms with Gasteiger partial charge >= 0.3 is 0 Å². The molecule has 1 atom stereocenters. The molecule has 0 spiro atoms. The van der Waals surface area contributed by atoms with Crippen LogP contribution in [0.2, 0.25) is 6.04 Å². The molecule has 3 heteroatoms. The van der Waals surface area contributed by atoms with E-state index >= 15 is 0 Å². The van der Waals surface area contributed by atoms with Crippen LogP contribution in [-0.4, -0.2) is 15.6 Å². The van der Waals surface area contributed by atoms with Crippen molar-refractivity contribution in [2.45, 2.75) is 30.7 Å². The quantitative estimate of drug-likeness (QED) is 0.629. The van der Waals surface area contributed by atoms with Crippen LogP contribution in [-0.2, 0) is 16.2 Å². The largest absolute Gasteiger partial charge is 0.420 e. The van der Waals surface area contributed by atoms with E-state index in [9.17, 15) is 0 Å². The molecule has 1 fully saturated rings. The first-order valence-corrected chi connectivity index (χ1v) is 8.43. The summed E-state index contributed by atoms with van der Waals surface area (Å²) in [5.41, 5.74) is 2.84. The topological polar surface area (TPSA) is 9.23 Å². The SMILES string of the molecule is SCc1ccccc1C[SiH]1CCCCO1. The van der Waals surface area contributed by atoms with Crippen molar-refractivity contribution in [2.24, 2.45) is 0 Å². The monoisotopic (exact) mass is 238 g/mol. The molecule has 1 heterocycles. The lowest BCUT2D eigenvalue weighted by molar-refractivity contribution is 0.286. The lowest BCUT2D eigenvalue weighted by Gasteiger charge is -2.22. The molecular formula is C12H18OSSi. The third-order valence-electron chi connectivity index (χ3n) is 3.01. The highest BCUT2D eigenvalue weighted by molar-refractivity contribution is 7.79. The Hall–Kier alpha value is -0.253. The Balaban J connectivity index is 2.02. The Kier molecular flexibility index (Phi) is 4.29. The Morgan fingerprint density at radius 3 is 2.67 bits per heavy atom. The Morgan fingerprint density at radius 2 is 2.00 bits per heavy atom. The highest BCUT2D eigenvalue weighted by atomic mass is 32.1. The van der Waals surface area contributed by atoms with Gasteiger partial charge in [0.25, 0.3) is 0 Å². The standard InChI is InChI=1S/C12H18OSSi/c14-9-11-5-1-2-6-12(11)10-15-8-4-3-7-13-15/h1-2,5-6,14-15H,3-4,7-10H2. The van der Waals surface area contributed by atoms with E-state index in [-0.39, 0.29) is 0 Å². The van der Waals surface area contributed by atoms with Crippen LogP contribution in [0.5, 0.6) is 0 Å². The molecule has 2 rings (SSSR count). The average molecular weight is 238 g/mol. The average Bonchev–Trinajstić information content (AvgIpc) is 2.31. The summed E-state index contributed by atoms with van der Waals surface area (Å²) in [5, 5.41) is 0. The van der Waals surface area contributed by atoms with Crippen molar-refractivity contribution < 1.29 is 4.43 Å². The molecule has 1 aliphatic rings. The molecule has 1 aliphatic heterocycles. The highest BCUT2D eigenvalue weighted by Gasteiger charge is 2.17. The molecule has 0 aliphatic carbocycles. The highest BCUT2D eigenvalue weighted by Crippen LogP contribution is 2.18. The lowest BCUT2D eigenvalue weighted by Crippen LogP contribution is -2.26. The van der Waals surface area contributed by atoms with Crippen molar-refractivity contribution in [1.82, 2.24) is 0 Å². The Labute approximate surface area is 99.0 Å². The number of benzene rings is 1. The molecular weight excluding hydrogens is 220 g/mol. The van der Waals surface area contributed by atoms with Gasteiger partial charge in [-0.15, -0.1) is 0 Å². The van der Waals surface area contributed by atoms with Crippen LogP contribution in [0.3, 0.4) is 0 Å². The van der Waals surface area contributed by atoms with E-state index in [4.69, 9.17) is 4.43 Å². The van der Waals surface area contributed by atoms with Crippen molar-refractivity contribution in [2.75, 3.05) is 6.61 Å². The van der Waals surface area contributed by atoms with Gasteiger partial charge in [-0.25, -0.2) is 0 Å². The third-order valence-corrected chi connectivity index (χ3v) is 6.01. The van der Waals surface area contributed by atoms with Crippen molar-refractivity contribution in [3.63, 3.8) is 0 Å². The van der Waals surface area contributed by atoms with E-state index in [1.807, 2.05) is 0 Å². The molecule has 1 unspecified atom stereocenters. The summed E-state index contributed by atoms with van der Waals surface area (Å²) < 4.78 is 5.90. The van der Waals surface area contributed by atoms with E-state index in [0.717, 1.165) is 12.4 Å². The van der Waals surface area contributed by atoms with Gasteiger partial charge in [-0.3, -0.25) is 0 Å². The zero-order valence-electron chi connectivity index (χ0n) is 8.98. The summed E-state index contributed by atoms with van der Waals surface area (Å²) in [5.74, 6) is 0.845. The summed E-state index contributed by atoms with van der Waals surface area (Å²) in [4.78, 5) is 0. The fourth-order valence-corrected chi connectivity index (χ4v) is 5.05. The van der Waals surface area contributed by atoms with Gasteiger partial charge in [0.15, 0.2) is 9.04 Å². The van der Waals surface area contributed by atoms with Crippen molar-refractivity contribution >= 4 is 21.7 Å². The van der Waals surface area contributed by atoms with Gasteiger partial charge in [-0.1, -0.05) is 30.7 Å². The minimum absolute atomic E-state index is 0.845. The first-order valence-electron chi connectivity index (χ1n) is 5.69. The van der Waals surface area contributed by atoms with Crippen molar-refractivity contribution in [1.29, 1.82) is 0 Å². The van der Waals surface area contributed by atoms with E-state index in [1.54, 1.807) is 0 Å². The molecule has 82 valence electrons. The van der Waals surface area contributed by atoms with Gasteiger partial charge in [0, 0.05) is 12.4 Å². The van der Waals surface area contributed by atoms with Crippen LogP contribution < -0.4 is 0 Å². The van der Waals surface area contributed by atoms with E-state index in [2.05, 4.69) is 36.9 Å². The third kappa shape index (κ3) is 3.10. The van der Waals surface area contributed by atoms with Gasteiger partial charge in [-0.05, 0) is 29.6 Å². The number of hydrogen-bond donors (Lipinski definition) is 1. The predicted octanol–water partition coefficient (Wildman–Crippen LogP) is 2.73. The molecule has 0 radical (unpaired) electrons. The van der Waals surface area contributed by atoms with Crippen LogP contribution >= 0.6 is 12.6 Å². The van der Waals surface area contributed by atoms with Crippen LogP contribution in [0.15, 0.2) is 24.3 Å². The molecule has 1 aromatic rings. The fourth-order valence-electron chi connectivity index (χ4n) is 2.12. The molecule has 0 amide bonds. The molecule has 0 N–H and O–H groups in total. The zero-order valence-corrected chi connectivity index (χ0v) is 11.0. The second-order valence-electron chi connectivity index (χ2n) is 4.12. The first-order chi connectivity index (χ1) is 7.40. The molecule has 1 saturated heterocycles. The van der Waals surface area contributed by atoms with Crippen LogP contribution in [0.4, 0.5) is 0 Å². The summed E-state index contributed by atoms with van der Waals surface area (Å²) in [7, 11) is -0.929. The van der Waals surface area contributed by atoms with Crippen LogP contribution in [0.1, 0.15) is 24.0 Å². The van der Waals surface area contributed by atoms with Gasteiger partial charge < -0.3 is 4.43 Å². The Bertz CT molecular complexity index is 310. The second kappa shape index (κ2) is 5.73. The van der Waals surface area contributed by atoms with Gasteiger partial charge in [0.05, 0.1) is 0 Å². The molecule has 0 bridgehead atoms. The van der Waals surface area contributed by atoms with Crippen LogP contribution in [0, 0.1) is 0 Å². The Morgan fingerprint density at radius 1 is 1.20 bits per heavy atom. The summed E-state index contributed by atoms with van der Waals surface area (Å²) in [6, 6.07) is 11.2. The van der Waals surface area contributed by atoms with E-state index in [0.29, 0.717) is 0 Å². The van der Waals surface area contributed by atoms with Gasteiger partial charge in [-0.2, -0.15) is 12.6 Å². The molecule has 15 heavy (non-hydrogen) atoms. The zero-order chi connectivity index (χ0) is 10.5. The molecule has 1 aromatic carbocycles. The molecule has 0 aromatic heterocycles. The fraction of sp³-hybridized carbons (Fsp3) is 0.500. The van der Waals surface area contributed by atoms with Crippen LogP contribution in [0.25, 0.3) is 0 Å². The maximum absolute atomic E-state index is 5.90. The first kappa shape index (κ1) is 11.2. The minimum Gasteiger partial charge on any atom is -0.420 e. The van der Waals surface area contributed by atoms with E-state index in [1.165, 1.54) is 36.1 Å². The van der Waals surface area contributed by atoms with Gasteiger partial charge in [0.2, 0.25) is 0 Å². The summed E-state index contributed by atoms with van der Waals surface area (Å²) in [6.07, 6.45) is 2.64. The maximum atomic E-state index is 5.90. The molecule has 0 saturated carbocycles. The number of hydrogen-bond acceptors (Lipinski definition) is 2. The van der Waals surface area contributed by atoms with Crippen molar-refractivity contribution in [3.05, 3.63) is 35.4 Å². The van der Waals surface area contributed by atoms with Crippen molar-refractivity contribution in [3.8, 4) is 0 Å². The number of thiol groups is 1. The molecule has 1 nitrogen and oxygen atoms in total. The van der Waals surface area contributed by atoms with Gasteiger partial charge in [0.1, 0.15) is 0 Å². The maximum Gasteiger partial charge on any atom is 0.181 e. The minimum atomic E-state index is -0.929. The summed E-state index contributed by atoms with van der Waals surface area (Å²) >= 11 is 4.37. The number of rotatable bonds is 3. The summed E-state index contributed by atoms with van der Waals surface area (Å²) in [6.45, 7) is 1.000. The lowest BCUT2D eigenvalue weighted by atomic mass is 10.1. The second-order valence-corrected chi connectivity index (χ2v) is 7.00. The predicted molar refractivity (Wildman–Crippen MR) is 70.0 cm³/mol. The normalized spacial score (nSPS) is 21.5. The van der Waals surface area contributed by atoms with E-state index < -0.39 is 9.04 Å². The smallest absolute Gasteiger partial charge is 0.181 e.